The van der Waals surface area contributed by atoms with Gasteiger partial charge < -0.3 is 9.64 Å². The fourth-order valence-corrected chi connectivity index (χ4v) is 3.07. The molecular formula is C15H17F3N4O3. The van der Waals surface area contributed by atoms with Crippen LogP contribution in [-0.4, -0.2) is 51.5 Å². The molecule has 0 saturated carbocycles. The lowest BCUT2D eigenvalue weighted by atomic mass is 10.1. The third-order valence-electron chi connectivity index (χ3n) is 4.21. The van der Waals surface area contributed by atoms with Gasteiger partial charge >= 0.3 is 6.18 Å². The Bertz CT molecular complexity index is 879. The molecule has 1 aliphatic heterocycles. The molecule has 0 aromatic carbocycles. The third kappa shape index (κ3) is 3.13. The van der Waals surface area contributed by atoms with E-state index < -0.39 is 17.3 Å². The second kappa shape index (κ2) is 6.17. The summed E-state index contributed by atoms with van der Waals surface area (Å²) in [5.41, 5.74) is -1.78. The van der Waals surface area contributed by atoms with Crippen molar-refractivity contribution in [3.8, 4) is 0 Å². The predicted octanol–water partition coefficient (Wildman–Crippen LogP) is 0.921. The molecule has 1 amide bonds. The van der Waals surface area contributed by atoms with E-state index in [-0.39, 0.29) is 29.2 Å². The highest BCUT2D eigenvalue weighted by atomic mass is 19.4. The molecule has 1 saturated heterocycles. The van der Waals surface area contributed by atoms with Crippen LogP contribution in [0.2, 0.25) is 0 Å². The maximum absolute atomic E-state index is 13.3. The number of alkyl halides is 3. The Labute approximate surface area is 140 Å². The molecule has 0 atom stereocenters. The average molecular weight is 358 g/mol. The monoisotopic (exact) mass is 358 g/mol. The van der Waals surface area contributed by atoms with Crippen LogP contribution in [0.15, 0.2) is 10.9 Å². The zero-order valence-corrected chi connectivity index (χ0v) is 13.8. The number of carbonyl (C=O) groups excluding carboxylic acids is 1. The zero-order valence-electron chi connectivity index (χ0n) is 13.8. The first-order valence-electron chi connectivity index (χ1n) is 7.70. The first kappa shape index (κ1) is 17.5. The summed E-state index contributed by atoms with van der Waals surface area (Å²) < 4.78 is 47.3. The minimum atomic E-state index is -4.68. The number of halogens is 3. The lowest BCUT2D eigenvalue weighted by Crippen LogP contribution is -2.43. The van der Waals surface area contributed by atoms with Gasteiger partial charge in [-0.15, -0.1) is 0 Å². The van der Waals surface area contributed by atoms with Crippen LogP contribution in [-0.2, 0) is 29.3 Å². The summed E-state index contributed by atoms with van der Waals surface area (Å²) in [5, 5.41) is 3.84. The van der Waals surface area contributed by atoms with Crippen molar-refractivity contribution in [3.63, 3.8) is 0 Å². The topological polar surface area (TPSA) is 69.4 Å². The molecule has 0 N–H and O–H groups in total. The molecule has 3 heterocycles. The second-order valence-electron chi connectivity index (χ2n) is 5.88. The molecule has 2 aromatic heterocycles. The number of hydrogen-bond donors (Lipinski definition) is 0. The maximum atomic E-state index is 13.3. The van der Waals surface area contributed by atoms with Crippen molar-refractivity contribution in [2.75, 3.05) is 26.3 Å². The molecule has 0 bridgehead atoms. The van der Waals surface area contributed by atoms with E-state index in [1.54, 1.807) is 0 Å². The van der Waals surface area contributed by atoms with Crippen molar-refractivity contribution in [2.45, 2.75) is 19.6 Å². The number of amides is 1. The molecule has 1 fully saturated rings. The van der Waals surface area contributed by atoms with E-state index in [1.165, 1.54) is 23.6 Å². The van der Waals surface area contributed by atoms with E-state index in [1.807, 2.05) is 0 Å². The van der Waals surface area contributed by atoms with Gasteiger partial charge in [-0.1, -0.05) is 0 Å². The molecule has 25 heavy (non-hydrogen) atoms. The first-order valence-corrected chi connectivity index (χ1v) is 7.70. The van der Waals surface area contributed by atoms with Gasteiger partial charge in [0, 0.05) is 26.2 Å². The fraction of sp³-hybridized carbons (Fsp3) is 0.533. The number of aromatic nitrogens is 3. The van der Waals surface area contributed by atoms with Gasteiger partial charge in [0.05, 0.1) is 29.9 Å². The first-order chi connectivity index (χ1) is 11.7. The number of morpholine rings is 1. The molecule has 2 aromatic rings. The van der Waals surface area contributed by atoms with Crippen molar-refractivity contribution < 1.29 is 22.7 Å². The lowest BCUT2D eigenvalue weighted by Gasteiger charge is -2.27. The van der Waals surface area contributed by atoms with Crippen molar-refractivity contribution in [3.05, 3.63) is 27.7 Å². The van der Waals surface area contributed by atoms with Gasteiger partial charge in [-0.2, -0.15) is 18.3 Å². The van der Waals surface area contributed by atoms with Gasteiger partial charge in [0.25, 0.3) is 5.56 Å². The number of pyridine rings is 1. The summed E-state index contributed by atoms with van der Waals surface area (Å²) >= 11 is 0. The molecule has 0 aliphatic carbocycles. The minimum Gasteiger partial charge on any atom is -0.378 e. The lowest BCUT2D eigenvalue weighted by molar-refractivity contribution is -0.136. The van der Waals surface area contributed by atoms with Crippen LogP contribution in [0.1, 0.15) is 11.3 Å². The number of carbonyl (C=O) groups is 1. The van der Waals surface area contributed by atoms with Crippen LogP contribution in [0.5, 0.6) is 0 Å². The molecule has 10 heteroatoms. The Hall–Kier alpha value is -2.36. The zero-order chi connectivity index (χ0) is 18.4. The quantitative estimate of drug-likeness (QED) is 0.801. The molecule has 0 unspecified atom stereocenters. The average Bonchev–Trinajstić information content (AvgIpc) is 2.84. The second-order valence-corrected chi connectivity index (χ2v) is 5.88. The van der Waals surface area contributed by atoms with Gasteiger partial charge in [0.1, 0.15) is 12.2 Å². The normalized spacial score (nSPS) is 15.8. The van der Waals surface area contributed by atoms with Crippen LogP contribution < -0.4 is 5.56 Å². The summed E-state index contributed by atoms with van der Waals surface area (Å²) in [6, 6.07) is 0.531. The molecule has 1 aliphatic rings. The molecule has 3 rings (SSSR count). The third-order valence-corrected chi connectivity index (χ3v) is 4.21. The number of fused-ring (bicyclic) bond motifs is 1. The highest BCUT2D eigenvalue weighted by Gasteiger charge is 2.36. The van der Waals surface area contributed by atoms with Gasteiger partial charge in [-0.25, -0.2) is 0 Å². The number of ether oxygens (including phenoxy) is 1. The number of aryl methyl sites for hydroxylation is 2. The fourth-order valence-electron chi connectivity index (χ4n) is 3.07. The predicted molar refractivity (Wildman–Crippen MR) is 82.1 cm³/mol. The number of hydrogen-bond acceptors (Lipinski definition) is 4. The van der Waals surface area contributed by atoms with Crippen molar-refractivity contribution >= 4 is 16.9 Å². The molecule has 136 valence electrons. The summed E-state index contributed by atoms with van der Waals surface area (Å²) in [7, 11) is 1.45. The smallest absolute Gasteiger partial charge is 0.378 e. The minimum absolute atomic E-state index is 0.0149. The van der Waals surface area contributed by atoms with Crippen LogP contribution in [0.25, 0.3) is 11.0 Å². The van der Waals surface area contributed by atoms with Gasteiger partial charge in [0.15, 0.2) is 0 Å². The van der Waals surface area contributed by atoms with Crippen molar-refractivity contribution in [2.24, 2.45) is 7.05 Å². The van der Waals surface area contributed by atoms with Crippen LogP contribution in [0, 0.1) is 6.92 Å². The van der Waals surface area contributed by atoms with Gasteiger partial charge in [-0.3, -0.25) is 18.8 Å². The Morgan fingerprint density at radius 2 is 1.96 bits per heavy atom. The molecule has 0 spiro atoms. The highest BCUT2D eigenvalue weighted by molar-refractivity contribution is 5.85. The van der Waals surface area contributed by atoms with E-state index in [4.69, 9.17) is 4.74 Å². The van der Waals surface area contributed by atoms with Crippen LogP contribution >= 0.6 is 0 Å². The maximum Gasteiger partial charge on any atom is 0.417 e. The molecular weight excluding hydrogens is 341 g/mol. The van der Waals surface area contributed by atoms with Crippen LogP contribution in [0.3, 0.4) is 0 Å². The van der Waals surface area contributed by atoms with Crippen LogP contribution in [0.4, 0.5) is 13.2 Å². The standard InChI is InChI=1S/C15H17F3N4O3/c1-9-13-10(15(16,17)18)7-11(23)22(14(13)20(2)19-9)8-12(24)21-3-5-25-6-4-21/h7H,3-6,8H2,1-2H3. The van der Waals surface area contributed by atoms with E-state index >= 15 is 0 Å². The molecule has 0 radical (unpaired) electrons. The van der Waals surface area contributed by atoms with Gasteiger partial charge in [-0.05, 0) is 6.92 Å². The Morgan fingerprint density at radius 1 is 1.32 bits per heavy atom. The Morgan fingerprint density at radius 3 is 2.56 bits per heavy atom. The van der Waals surface area contributed by atoms with E-state index in [2.05, 4.69) is 5.10 Å². The Balaban J connectivity index is 2.11. The number of nitrogens with zero attached hydrogens (tertiary/aromatic N) is 4. The van der Waals surface area contributed by atoms with Crippen molar-refractivity contribution in [1.82, 2.24) is 19.2 Å². The summed E-state index contributed by atoms with van der Waals surface area (Å²) in [5.74, 6) is -0.342. The number of rotatable bonds is 2. The summed E-state index contributed by atoms with van der Waals surface area (Å²) in [4.78, 5) is 26.3. The van der Waals surface area contributed by atoms with Gasteiger partial charge in [0.2, 0.25) is 5.91 Å². The largest absolute Gasteiger partial charge is 0.417 e. The summed E-state index contributed by atoms with van der Waals surface area (Å²) in [6.07, 6.45) is -4.68. The van der Waals surface area contributed by atoms with E-state index in [9.17, 15) is 22.8 Å². The van der Waals surface area contributed by atoms with E-state index in [0.29, 0.717) is 32.4 Å². The Kier molecular flexibility index (Phi) is 4.31. The summed E-state index contributed by atoms with van der Waals surface area (Å²) in [6.45, 7) is 2.67. The molecule has 7 nitrogen and oxygen atoms in total. The van der Waals surface area contributed by atoms with Crippen molar-refractivity contribution in [1.29, 1.82) is 0 Å². The highest BCUT2D eigenvalue weighted by Crippen LogP contribution is 2.35. The van der Waals surface area contributed by atoms with E-state index in [0.717, 1.165) is 4.57 Å². The SMILES string of the molecule is Cc1nn(C)c2c1c(C(F)(F)F)cc(=O)n2CC(=O)N1CCOCC1.